The minimum Gasteiger partial charge on any atom is -0.467 e. The summed E-state index contributed by atoms with van der Waals surface area (Å²) in [6, 6.07) is 8.26. The average molecular weight is 344 g/mol. The molecule has 0 amide bonds. The van der Waals surface area contributed by atoms with Crippen LogP contribution in [0.5, 0.6) is 0 Å². The monoisotopic (exact) mass is 343 g/mol. The summed E-state index contributed by atoms with van der Waals surface area (Å²) in [5.74, 6) is 0.326. The van der Waals surface area contributed by atoms with Gasteiger partial charge in [-0.05, 0) is 30.3 Å². The molecule has 2 rings (SSSR count). The lowest BCUT2D eigenvalue weighted by molar-refractivity contribution is 0.0282. The number of furan rings is 1. The molecule has 0 aliphatic rings. The van der Waals surface area contributed by atoms with Crippen molar-refractivity contribution in [2.75, 3.05) is 18.5 Å². The zero-order valence-corrected chi connectivity index (χ0v) is 12.3. The number of aliphatic hydroxyl groups is 1. The van der Waals surface area contributed by atoms with Gasteiger partial charge in [-0.1, -0.05) is 15.9 Å². The van der Waals surface area contributed by atoms with Crippen LogP contribution >= 0.6 is 15.9 Å². The summed E-state index contributed by atoms with van der Waals surface area (Å²) in [6.45, 7) is 0.652. The Bertz CT molecular complexity index is 533. The molecule has 0 radical (unpaired) electrons. The molecule has 4 nitrogen and oxygen atoms in total. The molecule has 1 unspecified atom stereocenters. The molecule has 0 saturated carbocycles. The zero-order chi connectivity index (χ0) is 14.4. The summed E-state index contributed by atoms with van der Waals surface area (Å²) in [6.07, 6.45) is 0.834. The molecular formula is C14H15BrFNO3. The molecule has 20 heavy (non-hydrogen) atoms. The van der Waals surface area contributed by atoms with Crippen molar-refractivity contribution in [3.8, 4) is 0 Å². The van der Waals surface area contributed by atoms with Crippen LogP contribution in [0, 0.1) is 5.82 Å². The molecule has 0 aliphatic heterocycles. The molecule has 0 bridgehead atoms. The van der Waals surface area contributed by atoms with Gasteiger partial charge < -0.3 is 19.6 Å². The number of halogens is 2. The number of anilines is 1. The number of benzene rings is 1. The highest BCUT2D eigenvalue weighted by Crippen LogP contribution is 2.19. The van der Waals surface area contributed by atoms with Crippen LogP contribution in [0.1, 0.15) is 5.76 Å². The van der Waals surface area contributed by atoms with E-state index in [2.05, 4.69) is 21.2 Å². The van der Waals surface area contributed by atoms with Gasteiger partial charge >= 0.3 is 0 Å². The molecule has 0 saturated heterocycles. The van der Waals surface area contributed by atoms with E-state index in [0.29, 0.717) is 22.5 Å². The Morgan fingerprint density at radius 2 is 2.25 bits per heavy atom. The van der Waals surface area contributed by atoms with Gasteiger partial charge in [0, 0.05) is 11.0 Å². The fraction of sp³-hybridized carbons (Fsp3) is 0.286. The first-order valence-corrected chi connectivity index (χ1v) is 6.91. The maximum atomic E-state index is 13.5. The third-order valence-corrected chi connectivity index (χ3v) is 3.09. The van der Waals surface area contributed by atoms with Gasteiger partial charge in [0.2, 0.25) is 0 Å². The summed E-state index contributed by atoms with van der Waals surface area (Å²) in [5.41, 5.74) is 0.346. The first kappa shape index (κ1) is 15.0. The van der Waals surface area contributed by atoms with E-state index >= 15 is 0 Å². The lowest BCUT2D eigenvalue weighted by Crippen LogP contribution is -2.25. The van der Waals surface area contributed by atoms with E-state index in [1.807, 2.05) is 0 Å². The molecule has 2 aromatic rings. The Kier molecular flexibility index (Phi) is 5.58. The molecule has 108 valence electrons. The SMILES string of the molecule is OC(CNc1ccc(Br)cc1F)COCc1ccco1. The Morgan fingerprint density at radius 1 is 1.40 bits per heavy atom. The van der Waals surface area contributed by atoms with E-state index in [-0.39, 0.29) is 19.0 Å². The summed E-state index contributed by atoms with van der Waals surface area (Å²) in [5, 5.41) is 12.6. The van der Waals surface area contributed by atoms with E-state index in [9.17, 15) is 9.50 Å². The molecule has 1 heterocycles. The second-order valence-electron chi connectivity index (χ2n) is 4.25. The van der Waals surface area contributed by atoms with Crippen LogP contribution in [0.25, 0.3) is 0 Å². The molecule has 0 fully saturated rings. The van der Waals surface area contributed by atoms with Crippen molar-refractivity contribution >= 4 is 21.6 Å². The van der Waals surface area contributed by atoms with Gasteiger partial charge in [-0.3, -0.25) is 0 Å². The first-order valence-electron chi connectivity index (χ1n) is 6.12. The molecule has 0 spiro atoms. The fourth-order valence-corrected chi connectivity index (χ4v) is 1.94. The number of hydrogen-bond donors (Lipinski definition) is 2. The van der Waals surface area contributed by atoms with Crippen molar-refractivity contribution < 1.29 is 18.7 Å². The predicted molar refractivity (Wildman–Crippen MR) is 77.0 cm³/mol. The van der Waals surface area contributed by atoms with Gasteiger partial charge in [0.25, 0.3) is 0 Å². The Balaban J connectivity index is 1.70. The highest BCUT2D eigenvalue weighted by atomic mass is 79.9. The Hall–Kier alpha value is -1.37. The van der Waals surface area contributed by atoms with E-state index in [4.69, 9.17) is 9.15 Å². The lowest BCUT2D eigenvalue weighted by atomic mass is 10.3. The molecule has 2 N–H and O–H groups in total. The van der Waals surface area contributed by atoms with Crippen LogP contribution in [0.4, 0.5) is 10.1 Å². The van der Waals surface area contributed by atoms with Crippen molar-refractivity contribution in [3.63, 3.8) is 0 Å². The van der Waals surface area contributed by atoms with Gasteiger partial charge in [0.1, 0.15) is 18.2 Å². The zero-order valence-electron chi connectivity index (χ0n) is 10.7. The van der Waals surface area contributed by atoms with Crippen molar-refractivity contribution in [3.05, 3.63) is 52.6 Å². The van der Waals surface area contributed by atoms with Gasteiger partial charge in [-0.15, -0.1) is 0 Å². The summed E-state index contributed by atoms with van der Waals surface area (Å²) >= 11 is 3.18. The quantitative estimate of drug-likeness (QED) is 0.810. The smallest absolute Gasteiger partial charge is 0.147 e. The number of aliphatic hydroxyl groups excluding tert-OH is 1. The molecule has 0 aliphatic carbocycles. The molecule has 6 heteroatoms. The van der Waals surface area contributed by atoms with Gasteiger partial charge in [0.05, 0.1) is 24.7 Å². The molecule has 1 aromatic heterocycles. The molecular weight excluding hydrogens is 329 g/mol. The van der Waals surface area contributed by atoms with Crippen LogP contribution < -0.4 is 5.32 Å². The summed E-state index contributed by atoms with van der Waals surface area (Å²) in [7, 11) is 0. The topological polar surface area (TPSA) is 54.6 Å². The van der Waals surface area contributed by atoms with E-state index in [0.717, 1.165) is 0 Å². The standard InChI is InChI=1S/C14H15BrFNO3/c15-10-3-4-14(13(16)6-10)17-7-11(18)8-19-9-12-2-1-5-20-12/h1-6,11,17-18H,7-9H2. The minimum absolute atomic E-state index is 0.145. The second kappa shape index (κ2) is 7.42. The van der Waals surface area contributed by atoms with Crippen LogP contribution in [0.3, 0.4) is 0 Å². The Morgan fingerprint density at radius 3 is 2.95 bits per heavy atom. The van der Waals surface area contributed by atoms with Gasteiger partial charge in [0.15, 0.2) is 0 Å². The van der Waals surface area contributed by atoms with E-state index in [1.165, 1.54) is 6.07 Å². The normalized spacial score (nSPS) is 12.3. The summed E-state index contributed by atoms with van der Waals surface area (Å²) in [4.78, 5) is 0. The highest BCUT2D eigenvalue weighted by molar-refractivity contribution is 9.10. The van der Waals surface area contributed by atoms with Crippen molar-refractivity contribution in [2.45, 2.75) is 12.7 Å². The summed E-state index contributed by atoms with van der Waals surface area (Å²) < 4.78 is 24.6. The largest absolute Gasteiger partial charge is 0.467 e. The van der Waals surface area contributed by atoms with Crippen LogP contribution in [0.15, 0.2) is 45.5 Å². The van der Waals surface area contributed by atoms with Crippen LogP contribution in [0.2, 0.25) is 0 Å². The maximum absolute atomic E-state index is 13.5. The van der Waals surface area contributed by atoms with Gasteiger partial charge in [-0.2, -0.15) is 0 Å². The average Bonchev–Trinajstić information content (AvgIpc) is 2.91. The van der Waals surface area contributed by atoms with Gasteiger partial charge in [-0.25, -0.2) is 4.39 Å². The van der Waals surface area contributed by atoms with Crippen molar-refractivity contribution in [2.24, 2.45) is 0 Å². The number of nitrogens with one attached hydrogen (secondary N) is 1. The van der Waals surface area contributed by atoms with Crippen molar-refractivity contribution in [1.29, 1.82) is 0 Å². The minimum atomic E-state index is -0.729. The molecule has 1 atom stereocenters. The number of rotatable bonds is 7. The maximum Gasteiger partial charge on any atom is 0.147 e. The molecule has 1 aromatic carbocycles. The third-order valence-electron chi connectivity index (χ3n) is 2.59. The van der Waals surface area contributed by atoms with E-state index in [1.54, 1.807) is 30.5 Å². The van der Waals surface area contributed by atoms with E-state index < -0.39 is 6.10 Å². The fourth-order valence-electron chi connectivity index (χ4n) is 1.61. The number of hydrogen-bond acceptors (Lipinski definition) is 4. The first-order chi connectivity index (χ1) is 9.65. The second-order valence-corrected chi connectivity index (χ2v) is 5.17. The lowest BCUT2D eigenvalue weighted by Gasteiger charge is -2.13. The third kappa shape index (κ3) is 4.63. The van der Waals surface area contributed by atoms with Crippen LogP contribution in [-0.2, 0) is 11.3 Å². The number of ether oxygens (including phenoxy) is 1. The Labute approximate surface area is 124 Å². The van der Waals surface area contributed by atoms with Crippen molar-refractivity contribution in [1.82, 2.24) is 0 Å². The highest BCUT2D eigenvalue weighted by Gasteiger charge is 2.07. The van der Waals surface area contributed by atoms with Crippen LogP contribution in [-0.4, -0.2) is 24.4 Å². The predicted octanol–water partition coefficient (Wildman–Crippen LogP) is 3.17.